The lowest BCUT2D eigenvalue weighted by molar-refractivity contribution is 0.0581. The quantitative estimate of drug-likeness (QED) is 0.628. The normalized spacial score (nSPS) is 10.6. The molecule has 0 amide bonds. The van der Waals surface area contributed by atoms with Crippen molar-refractivity contribution in [1.29, 1.82) is 0 Å². The fourth-order valence-electron chi connectivity index (χ4n) is 2.71. The number of methoxy groups -OCH3 is 2. The summed E-state index contributed by atoms with van der Waals surface area (Å²) in [5.41, 5.74) is 1.30. The molecule has 0 atom stereocenters. The summed E-state index contributed by atoms with van der Waals surface area (Å²) in [6.45, 7) is 0.119. The minimum atomic E-state index is -0.584. The Bertz CT molecular complexity index is 956. The molecule has 2 aromatic carbocycles. The van der Waals surface area contributed by atoms with Gasteiger partial charge in [0.25, 0.3) is 0 Å². The first-order chi connectivity index (χ1) is 12.5. The summed E-state index contributed by atoms with van der Waals surface area (Å²) in [5, 5.41) is 0.497. The molecule has 0 aliphatic carbocycles. The number of benzene rings is 2. The van der Waals surface area contributed by atoms with Crippen molar-refractivity contribution in [3.05, 3.63) is 71.0 Å². The molecule has 0 fully saturated rings. The lowest BCUT2D eigenvalue weighted by atomic mass is 10.0. The first kappa shape index (κ1) is 17.9. The SMILES string of the molecule is COC(=O)c1nccn1Cc1ccc(OC)c(-c2cccc(Cl)c2)c1F. The lowest BCUT2D eigenvalue weighted by Crippen LogP contribution is -2.13. The van der Waals surface area contributed by atoms with Crippen LogP contribution in [-0.2, 0) is 11.3 Å². The number of hydrogen-bond donors (Lipinski definition) is 0. The van der Waals surface area contributed by atoms with Crippen LogP contribution in [0.4, 0.5) is 4.39 Å². The molecule has 0 radical (unpaired) electrons. The van der Waals surface area contributed by atoms with E-state index < -0.39 is 11.8 Å². The first-order valence-electron chi connectivity index (χ1n) is 7.76. The highest BCUT2D eigenvalue weighted by molar-refractivity contribution is 6.30. The van der Waals surface area contributed by atoms with E-state index in [9.17, 15) is 4.79 Å². The van der Waals surface area contributed by atoms with Gasteiger partial charge in [-0.15, -0.1) is 0 Å². The van der Waals surface area contributed by atoms with E-state index in [0.717, 1.165) is 0 Å². The van der Waals surface area contributed by atoms with Gasteiger partial charge >= 0.3 is 5.97 Å². The Morgan fingerprint density at radius 3 is 2.77 bits per heavy atom. The first-order valence-corrected chi connectivity index (χ1v) is 8.13. The zero-order valence-electron chi connectivity index (χ0n) is 14.2. The minimum Gasteiger partial charge on any atom is -0.496 e. The standard InChI is InChI=1S/C19H16ClFN2O3/c1-25-15-7-6-13(11-23-9-8-22-18(23)19(24)26-2)17(21)16(15)12-4-3-5-14(20)10-12/h3-10H,11H2,1-2H3. The van der Waals surface area contributed by atoms with Gasteiger partial charge in [-0.3, -0.25) is 0 Å². The number of hydrogen-bond acceptors (Lipinski definition) is 4. The van der Waals surface area contributed by atoms with Crippen molar-refractivity contribution in [2.45, 2.75) is 6.54 Å². The molecule has 0 bridgehead atoms. The van der Waals surface area contributed by atoms with Crippen LogP contribution in [0, 0.1) is 5.82 Å². The lowest BCUT2D eigenvalue weighted by Gasteiger charge is -2.14. The summed E-state index contributed by atoms with van der Waals surface area (Å²) in [5.74, 6) is -0.533. The van der Waals surface area contributed by atoms with Gasteiger partial charge in [-0.1, -0.05) is 29.8 Å². The second kappa shape index (κ2) is 7.58. The van der Waals surface area contributed by atoms with Crippen LogP contribution in [0.2, 0.25) is 5.02 Å². The molecule has 1 heterocycles. The second-order valence-electron chi connectivity index (χ2n) is 5.50. The van der Waals surface area contributed by atoms with E-state index in [2.05, 4.69) is 4.98 Å². The van der Waals surface area contributed by atoms with E-state index in [-0.39, 0.29) is 12.4 Å². The Morgan fingerprint density at radius 1 is 1.27 bits per heavy atom. The average Bonchev–Trinajstić information content (AvgIpc) is 3.10. The number of esters is 1. The number of ether oxygens (including phenoxy) is 2. The highest BCUT2D eigenvalue weighted by Gasteiger charge is 2.19. The highest BCUT2D eigenvalue weighted by Crippen LogP contribution is 2.35. The van der Waals surface area contributed by atoms with Crippen molar-refractivity contribution >= 4 is 17.6 Å². The molecular formula is C19H16ClFN2O3. The monoisotopic (exact) mass is 374 g/mol. The summed E-state index contributed by atoms with van der Waals surface area (Å²) < 4.78 is 26.8. The average molecular weight is 375 g/mol. The molecule has 0 unspecified atom stereocenters. The van der Waals surface area contributed by atoms with E-state index in [0.29, 0.717) is 27.5 Å². The maximum absolute atomic E-state index is 15.3. The molecule has 0 aliphatic heterocycles. The van der Waals surface area contributed by atoms with Gasteiger partial charge in [-0.05, 0) is 23.8 Å². The van der Waals surface area contributed by atoms with Gasteiger partial charge in [0, 0.05) is 23.0 Å². The van der Waals surface area contributed by atoms with Crippen LogP contribution in [0.1, 0.15) is 16.2 Å². The van der Waals surface area contributed by atoms with Crippen molar-refractivity contribution in [1.82, 2.24) is 9.55 Å². The molecule has 134 valence electrons. The molecule has 0 aliphatic rings. The van der Waals surface area contributed by atoms with Crippen molar-refractivity contribution in [3.63, 3.8) is 0 Å². The van der Waals surface area contributed by atoms with E-state index in [1.54, 1.807) is 42.6 Å². The van der Waals surface area contributed by atoms with Gasteiger partial charge < -0.3 is 14.0 Å². The summed E-state index contributed by atoms with van der Waals surface area (Å²) in [6, 6.07) is 10.2. The van der Waals surface area contributed by atoms with Crippen molar-refractivity contribution in [2.24, 2.45) is 0 Å². The second-order valence-corrected chi connectivity index (χ2v) is 5.93. The molecule has 0 saturated carbocycles. The number of carbonyl (C=O) groups excluding carboxylic acids is 1. The Hall–Kier alpha value is -2.86. The summed E-state index contributed by atoms with van der Waals surface area (Å²) in [6.07, 6.45) is 3.06. The van der Waals surface area contributed by atoms with Crippen molar-refractivity contribution < 1.29 is 18.7 Å². The molecule has 3 rings (SSSR count). The van der Waals surface area contributed by atoms with Crippen LogP contribution in [-0.4, -0.2) is 29.7 Å². The number of halogens is 2. The minimum absolute atomic E-state index is 0.104. The number of rotatable bonds is 5. The van der Waals surface area contributed by atoms with E-state index in [1.165, 1.54) is 25.0 Å². The molecule has 3 aromatic rings. The third-order valence-corrected chi connectivity index (χ3v) is 4.18. The van der Waals surface area contributed by atoms with E-state index in [4.69, 9.17) is 21.1 Å². The third-order valence-electron chi connectivity index (χ3n) is 3.94. The predicted octanol–water partition coefficient (Wildman–Crippen LogP) is 4.19. The molecule has 5 nitrogen and oxygen atoms in total. The summed E-state index contributed by atoms with van der Waals surface area (Å²) in [7, 11) is 2.75. The number of imidazole rings is 1. The van der Waals surface area contributed by atoms with Gasteiger partial charge in [0.15, 0.2) is 0 Å². The Kier molecular flexibility index (Phi) is 5.23. The maximum atomic E-state index is 15.3. The molecular weight excluding hydrogens is 359 g/mol. The summed E-state index contributed by atoms with van der Waals surface area (Å²) >= 11 is 6.04. The van der Waals surface area contributed by atoms with Crippen LogP contribution < -0.4 is 4.74 Å². The van der Waals surface area contributed by atoms with Gasteiger partial charge in [0.1, 0.15) is 11.6 Å². The molecule has 26 heavy (non-hydrogen) atoms. The predicted molar refractivity (Wildman–Crippen MR) is 96.1 cm³/mol. The van der Waals surface area contributed by atoms with E-state index in [1.807, 2.05) is 0 Å². The smallest absolute Gasteiger partial charge is 0.374 e. The third kappa shape index (κ3) is 3.41. The zero-order valence-corrected chi connectivity index (χ0v) is 15.0. The molecule has 0 N–H and O–H groups in total. The van der Waals surface area contributed by atoms with Gasteiger partial charge in [0.05, 0.1) is 26.3 Å². The van der Waals surface area contributed by atoms with Crippen LogP contribution in [0.5, 0.6) is 5.75 Å². The largest absolute Gasteiger partial charge is 0.496 e. The zero-order chi connectivity index (χ0) is 18.7. The van der Waals surface area contributed by atoms with Gasteiger partial charge in [-0.2, -0.15) is 0 Å². The van der Waals surface area contributed by atoms with Gasteiger partial charge in [0.2, 0.25) is 5.82 Å². The number of nitrogens with zero attached hydrogens (tertiary/aromatic N) is 2. The number of aromatic nitrogens is 2. The van der Waals surface area contributed by atoms with Gasteiger partial charge in [-0.25, -0.2) is 14.2 Å². The van der Waals surface area contributed by atoms with E-state index >= 15 is 4.39 Å². The van der Waals surface area contributed by atoms with Crippen molar-refractivity contribution in [2.75, 3.05) is 14.2 Å². The van der Waals surface area contributed by atoms with Crippen LogP contribution in [0.3, 0.4) is 0 Å². The molecule has 0 spiro atoms. The molecule has 7 heteroatoms. The van der Waals surface area contributed by atoms with Crippen LogP contribution in [0.25, 0.3) is 11.1 Å². The molecule has 1 aromatic heterocycles. The number of carbonyl (C=O) groups is 1. The fourth-order valence-corrected chi connectivity index (χ4v) is 2.90. The Labute approximate surface area is 155 Å². The topological polar surface area (TPSA) is 53.3 Å². The Morgan fingerprint density at radius 2 is 2.08 bits per heavy atom. The highest BCUT2D eigenvalue weighted by atomic mass is 35.5. The van der Waals surface area contributed by atoms with Crippen LogP contribution >= 0.6 is 11.6 Å². The van der Waals surface area contributed by atoms with Crippen LogP contribution in [0.15, 0.2) is 48.8 Å². The fraction of sp³-hybridized carbons (Fsp3) is 0.158. The maximum Gasteiger partial charge on any atom is 0.374 e. The summed E-state index contributed by atoms with van der Waals surface area (Å²) in [4.78, 5) is 15.7. The molecule has 0 saturated heterocycles. The van der Waals surface area contributed by atoms with Crippen molar-refractivity contribution in [3.8, 4) is 16.9 Å². The Balaban J connectivity index is 2.06.